The quantitative estimate of drug-likeness (QED) is 0.606. The summed E-state index contributed by atoms with van der Waals surface area (Å²) in [4.78, 5) is 26.8. The third kappa shape index (κ3) is 5.52. The minimum atomic E-state index is -0.0510. The van der Waals surface area contributed by atoms with Crippen molar-refractivity contribution in [1.82, 2.24) is 10.2 Å². The van der Waals surface area contributed by atoms with Crippen molar-refractivity contribution in [3.05, 3.63) is 63.1 Å². The molecule has 2 amide bonds. The van der Waals surface area contributed by atoms with E-state index in [1.807, 2.05) is 29.2 Å². The van der Waals surface area contributed by atoms with Gasteiger partial charge in [-0.1, -0.05) is 23.7 Å². The largest absolute Gasteiger partial charge is 0.483 e. The zero-order chi connectivity index (χ0) is 20.4. The maximum absolute atomic E-state index is 12.8. The summed E-state index contributed by atoms with van der Waals surface area (Å²) in [6.45, 7) is 0.484. The first-order valence-corrected chi connectivity index (χ1v) is 10.9. The van der Waals surface area contributed by atoms with Gasteiger partial charge in [-0.2, -0.15) is 0 Å². The Morgan fingerprint density at radius 3 is 2.45 bits per heavy atom. The van der Waals surface area contributed by atoms with Crippen molar-refractivity contribution >= 4 is 39.3 Å². The fourth-order valence-electron chi connectivity index (χ4n) is 3.08. The topological polar surface area (TPSA) is 58.6 Å². The lowest BCUT2D eigenvalue weighted by atomic mass is 10.1. The van der Waals surface area contributed by atoms with E-state index >= 15 is 0 Å². The normalized spacial score (nSPS) is 15.7. The smallest absolute Gasteiger partial charge is 0.261 e. The van der Waals surface area contributed by atoms with Crippen LogP contribution in [0, 0.1) is 0 Å². The number of nitrogens with one attached hydrogen (secondary N) is 1. The lowest BCUT2D eigenvalue weighted by molar-refractivity contribution is -0.134. The Kier molecular flexibility index (Phi) is 6.11. The number of halogens is 2. The van der Waals surface area contributed by atoms with E-state index in [0.29, 0.717) is 28.9 Å². The molecule has 0 atom stereocenters. The van der Waals surface area contributed by atoms with Crippen molar-refractivity contribution in [3.63, 3.8) is 0 Å². The van der Waals surface area contributed by atoms with Crippen LogP contribution in [0.4, 0.5) is 0 Å². The molecule has 2 aromatic rings. The van der Waals surface area contributed by atoms with E-state index in [4.69, 9.17) is 16.3 Å². The lowest BCUT2D eigenvalue weighted by Gasteiger charge is -2.23. The molecule has 2 aliphatic carbocycles. The first kappa shape index (κ1) is 20.2. The van der Waals surface area contributed by atoms with Gasteiger partial charge in [0.15, 0.2) is 6.61 Å². The SMILES string of the molecule is O=C(NC1CC1)c1ccc(CN(C(=O)COc2ccc(Cl)cc2Br)C2CC2)cc1. The maximum atomic E-state index is 12.8. The third-order valence-corrected chi connectivity index (χ3v) is 5.89. The van der Waals surface area contributed by atoms with Crippen LogP contribution in [0.2, 0.25) is 5.02 Å². The summed E-state index contributed by atoms with van der Waals surface area (Å²) in [6.07, 6.45) is 4.16. The van der Waals surface area contributed by atoms with Gasteiger partial charge in [0, 0.05) is 29.2 Å². The second-order valence-corrected chi connectivity index (χ2v) is 8.85. The van der Waals surface area contributed by atoms with Gasteiger partial charge < -0.3 is 15.0 Å². The molecule has 0 heterocycles. The molecule has 7 heteroatoms. The van der Waals surface area contributed by atoms with Crippen molar-refractivity contribution < 1.29 is 14.3 Å². The van der Waals surface area contributed by atoms with Crippen LogP contribution in [0.5, 0.6) is 5.75 Å². The molecule has 0 aromatic heterocycles. The van der Waals surface area contributed by atoms with Crippen LogP contribution < -0.4 is 10.1 Å². The molecule has 5 nitrogen and oxygen atoms in total. The molecule has 0 bridgehead atoms. The van der Waals surface area contributed by atoms with Gasteiger partial charge >= 0.3 is 0 Å². The monoisotopic (exact) mass is 476 g/mol. The molecule has 4 rings (SSSR count). The molecule has 0 saturated heterocycles. The zero-order valence-corrected chi connectivity index (χ0v) is 18.2. The van der Waals surface area contributed by atoms with E-state index in [9.17, 15) is 9.59 Å². The Morgan fingerprint density at radius 2 is 1.83 bits per heavy atom. The molecular weight excluding hydrogens is 456 g/mol. The summed E-state index contributed by atoms with van der Waals surface area (Å²) in [7, 11) is 0. The third-order valence-electron chi connectivity index (χ3n) is 5.03. The average Bonchev–Trinajstić information content (AvgIpc) is 3.60. The number of ether oxygens (including phenoxy) is 1. The van der Waals surface area contributed by atoms with Crippen LogP contribution in [0.15, 0.2) is 46.9 Å². The van der Waals surface area contributed by atoms with Crippen molar-refractivity contribution in [3.8, 4) is 5.75 Å². The van der Waals surface area contributed by atoms with Gasteiger partial charge in [0.2, 0.25) is 0 Å². The van der Waals surface area contributed by atoms with E-state index in [0.717, 1.165) is 35.7 Å². The van der Waals surface area contributed by atoms with Crippen LogP contribution >= 0.6 is 27.5 Å². The lowest BCUT2D eigenvalue weighted by Crippen LogP contribution is -2.36. The van der Waals surface area contributed by atoms with Crippen LogP contribution in [0.25, 0.3) is 0 Å². The summed E-state index contributed by atoms with van der Waals surface area (Å²) >= 11 is 9.34. The second kappa shape index (κ2) is 8.76. The highest BCUT2D eigenvalue weighted by molar-refractivity contribution is 9.10. The Balaban J connectivity index is 1.36. The fraction of sp³-hybridized carbons (Fsp3) is 0.364. The van der Waals surface area contributed by atoms with Crippen molar-refractivity contribution in [2.75, 3.05) is 6.61 Å². The Bertz CT molecular complexity index is 911. The van der Waals surface area contributed by atoms with Crippen molar-refractivity contribution in [2.45, 2.75) is 44.3 Å². The highest BCUT2D eigenvalue weighted by Crippen LogP contribution is 2.30. The predicted octanol–water partition coefficient (Wildman–Crippen LogP) is 4.56. The number of carbonyl (C=O) groups excluding carboxylic acids is 2. The van der Waals surface area contributed by atoms with Gasteiger partial charge in [-0.05, 0) is 77.5 Å². The first-order chi connectivity index (χ1) is 14.0. The van der Waals surface area contributed by atoms with Crippen LogP contribution in [-0.2, 0) is 11.3 Å². The predicted molar refractivity (Wildman–Crippen MR) is 115 cm³/mol. The van der Waals surface area contributed by atoms with E-state index in [1.54, 1.807) is 18.2 Å². The molecule has 29 heavy (non-hydrogen) atoms. The number of benzene rings is 2. The first-order valence-electron chi connectivity index (χ1n) is 9.77. The molecule has 152 valence electrons. The van der Waals surface area contributed by atoms with Gasteiger partial charge in [-0.15, -0.1) is 0 Å². The Morgan fingerprint density at radius 1 is 1.10 bits per heavy atom. The number of amides is 2. The van der Waals surface area contributed by atoms with Gasteiger partial charge in [0.25, 0.3) is 11.8 Å². The number of hydrogen-bond acceptors (Lipinski definition) is 3. The Labute approximate surface area is 183 Å². The van der Waals surface area contributed by atoms with Crippen LogP contribution in [-0.4, -0.2) is 35.4 Å². The number of nitrogens with zero attached hydrogens (tertiary/aromatic N) is 1. The molecule has 0 radical (unpaired) electrons. The molecule has 0 spiro atoms. The van der Waals surface area contributed by atoms with Gasteiger partial charge in [-0.3, -0.25) is 9.59 Å². The zero-order valence-electron chi connectivity index (χ0n) is 15.9. The van der Waals surface area contributed by atoms with Crippen LogP contribution in [0.3, 0.4) is 0 Å². The summed E-state index contributed by atoms with van der Waals surface area (Å²) < 4.78 is 6.41. The molecule has 2 aliphatic rings. The molecule has 2 saturated carbocycles. The summed E-state index contributed by atoms with van der Waals surface area (Å²) in [6, 6.07) is 13.3. The van der Waals surface area contributed by atoms with E-state index in [1.165, 1.54) is 0 Å². The van der Waals surface area contributed by atoms with Gasteiger partial charge in [0.1, 0.15) is 5.75 Å². The molecule has 0 unspecified atom stereocenters. The standard InChI is InChI=1S/C22H22BrClN2O3/c23-19-11-16(24)5-10-20(19)29-13-21(27)26(18-8-9-18)12-14-1-3-15(4-2-14)22(28)25-17-6-7-17/h1-5,10-11,17-18H,6-9,12-13H2,(H,25,28). The summed E-state index contributed by atoms with van der Waals surface area (Å²) in [5.41, 5.74) is 1.65. The minimum absolute atomic E-state index is 0.0292. The molecule has 0 aliphatic heterocycles. The fourth-order valence-corrected chi connectivity index (χ4v) is 3.87. The summed E-state index contributed by atoms with van der Waals surface area (Å²) in [5, 5.41) is 3.59. The molecule has 1 N–H and O–H groups in total. The number of carbonyl (C=O) groups is 2. The van der Waals surface area contributed by atoms with Crippen LogP contribution in [0.1, 0.15) is 41.6 Å². The van der Waals surface area contributed by atoms with E-state index < -0.39 is 0 Å². The van der Waals surface area contributed by atoms with Crippen molar-refractivity contribution in [1.29, 1.82) is 0 Å². The van der Waals surface area contributed by atoms with Crippen molar-refractivity contribution in [2.24, 2.45) is 0 Å². The van der Waals surface area contributed by atoms with E-state index in [2.05, 4.69) is 21.2 Å². The maximum Gasteiger partial charge on any atom is 0.261 e. The molecular formula is C22H22BrClN2O3. The van der Waals surface area contributed by atoms with E-state index in [-0.39, 0.29) is 24.5 Å². The highest BCUT2D eigenvalue weighted by Gasteiger charge is 2.32. The van der Waals surface area contributed by atoms with Gasteiger partial charge in [0.05, 0.1) is 4.47 Å². The average molecular weight is 478 g/mol. The molecule has 2 aromatic carbocycles. The minimum Gasteiger partial charge on any atom is -0.483 e. The number of hydrogen-bond donors (Lipinski definition) is 1. The highest BCUT2D eigenvalue weighted by atomic mass is 79.9. The molecule has 2 fully saturated rings. The number of rotatable bonds is 8. The Hall–Kier alpha value is -2.05. The summed E-state index contributed by atoms with van der Waals surface area (Å²) in [5.74, 6) is 0.505. The van der Waals surface area contributed by atoms with Gasteiger partial charge in [-0.25, -0.2) is 0 Å². The second-order valence-electron chi connectivity index (χ2n) is 7.56.